The second kappa shape index (κ2) is 6.39. The van der Waals surface area contributed by atoms with Crippen LogP contribution in [0.1, 0.15) is 31.1 Å². The predicted octanol–water partition coefficient (Wildman–Crippen LogP) is 2.68. The molecule has 0 saturated carbocycles. The number of carbonyl (C=O) groups excluding carboxylic acids is 1. The minimum absolute atomic E-state index is 0.160. The van der Waals surface area contributed by atoms with Crippen LogP contribution < -0.4 is 5.32 Å². The summed E-state index contributed by atoms with van der Waals surface area (Å²) >= 11 is 1.69. The van der Waals surface area contributed by atoms with Gasteiger partial charge in [-0.1, -0.05) is 6.92 Å². The molecule has 1 aliphatic heterocycles. The molecule has 1 saturated heterocycles. The lowest BCUT2D eigenvalue weighted by atomic mass is 10.1. The van der Waals surface area contributed by atoms with E-state index in [1.54, 1.807) is 17.7 Å². The number of aromatic nitrogens is 2. The van der Waals surface area contributed by atoms with Crippen molar-refractivity contribution in [3.05, 3.63) is 17.3 Å². The summed E-state index contributed by atoms with van der Waals surface area (Å²) in [6.45, 7) is 4.21. The van der Waals surface area contributed by atoms with E-state index in [1.165, 1.54) is 11.3 Å². The lowest BCUT2D eigenvalue weighted by molar-refractivity contribution is -0.130. The number of hydrogen-bond donors (Lipinski definition) is 1. The first-order chi connectivity index (χ1) is 10.3. The van der Waals surface area contributed by atoms with E-state index in [0.717, 1.165) is 48.4 Å². The average molecular weight is 304 g/mol. The summed E-state index contributed by atoms with van der Waals surface area (Å²) in [4.78, 5) is 25.0. The van der Waals surface area contributed by atoms with Crippen molar-refractivity contribution in [3.63, 3.8) is 0 Å². The fraction of sp³-hybridized carbons (Fsp3) is 0.533. The Morgan fingerprint density at radius 1 is 1.33 bits per heavy atom. The average Bonchev–Trinajstić information content (AvgIpc) is 2.97. The fourth-order valence-electron chi connectivity index (χ4n) is 2.64. The Morgan fingerprint density at radius 2 is 2.14 bits per heavy atom. The van der Waals surface area contributed by atoms with Crippen molar-refractivity contribution in [2.45, 2.75) is 32.6 Å². The molecule has 1 aliphatic rings. The van der Waals surface area contributed by atoms with E-state index < -0.39 is 0 Å². The van der Waals surface area contributed by atoms with Crippen LogP contribution >= 0.6 is 11.3 Å². The topological polar surface area (TPSA) is 58.1 Å². The van der Waals surface area contributed by atoms with Crippen LogP contribution in [0.4, 0.5) is 5.82 Å². The summed E-state index contributed by atoms with van der Waals surface area (Å²) in [6.07, 6.45) is 6.03. The SMILES string of the molecule is CCc1cc2c(NCC(=O)N3CCCCC3)ncnc2s1. The number of fused-ring (bicyclic) bond motifs is 1. The largest absolute Gasteiger partial charge is 0.360 e. The monoisotopic (exact) mass is 304 g/mol. The third kappa shape index (κ3) is 3.15. The molecule has 0 aromatic carbocycles. The molecule has 2 aromatic heterocycles. The molecule has 1 amide bonds. The van der Waals surface area contributed by atoms with E-state index in [9.17, 15) is 4.79 Å². The molecule has 0 spiro atoms. The second-order valence-corrected chi connectivity index (χ2v) is 6.42. The van der Waals surface area contributed by atoms with Gasteiger partial charge in [-0.05, 0) is 31.7 Å². The molecule has 0 aliphatic carbocycles. The van der Waals surface area contributed by atoms with E-state index in [1.807, 2.05) is 4.90 Å². The molecule has 2 aromatic rings. The van der Waals surface area contributed by atoms with Crippen molar-refractivity contribution < 1.29 is 4.79 Å². The molecule has 1 N–H and O–H groups in total. The van der Waals surface area contributed by atoms with Gasteiger partial charge in [0, 0.05) is 18.0 Å². The highest BCUT2D eigenvalue weighted by molar-refractivity contribution is 7.18. The summed E-state index contributed by atoms with van der Waals surface area (Å²) in [7, 11) is 0. The van der Waals surface area contributed by atoms with Crippen LogP contribution in [0.25, 0.3) is 10.2 Å². The van der Waals surface area contributed by atoms with Crippen LogP contribution in [0.2, 0.25) is 0 Å². The lowest BCUT2D eigenvalue weighted by Gasteiger charge is -2.26. The number of nitrogens with zero attached hydrogens (tertiary/aromatic N) is 3. The van der Waals surface area contributed by atoms with Gasteiger partial charge in [-0.25, -0.2) is 9.97 Å². The van der Waals surface area contributed by atoms with Crippen molar-refractivity contribution in [3.8, 4) is 0 Å². The van der Waals surface area contributed by atoms with Crippen LogP contribution in [-0.4, -0.2) is 40.4 Å². The molecule has 0 atom stereocenters. The minimum Gasteiger partial charge on any atom is -0.360 e. The maximum Gasteiger partial charge on any atom is 0.241 e. The molecular weight excluding hydrogens is 284 g/mol. The van der Waals surface area contributed by atoms with Crippen molar-refractivity contribution in [2.24, 2.45) is 0 Å². The van der Waals surface area contributed by atoms with Crippen LogP contribution in [-0.2, 0) is 11.2 Å². The summed E-state index contributed by atoms with van der Waals surface area (Å²) in [6, 6.07) is 2.12. The Labute approximate surface area is 128 Å². The highest BCUT2D eigenvalue weighted by Gasteiger charge is 2.16. The maximum atomic E-state index is 12.2. The van der Waals surface area contributed by atoms with Gasteiger partial charge in [0.2, 0.25) is 5.91 Å². The van der Waals surface area contributed by atoms with Crippen molar-refractivity contribution in [1.82, 2.24) is 14.9 Å². The van der Waals surface area contributed by atoms with E-state index in [0.29, 0.717) is 6.54 Å². The molecular formula is C15H20N4OS. The highest BCUT2D eigenvalue weighted by atomic mass is 32.1. The number of thiophene rings is 1. The number of aryl methyl sites for hydroxylation is 1. The molecule has 3 heterocycles. The Morgan fingerprint density at radius 3 is 2.90 bits per heavy atom. The Hall–Kier alpha value is -1.69. The minimum atomic E-state index is 0.160. The van der Waals surface area contributed by atoms with E-state index >= 15 is 0 Å². The van der Waals surface area contributed by atoms with Crippen LogP contribution in [0, 0.1) is 0 Å². The zero-order valence-electron chi connectivity index (χ0n) is 12.3. The van der Waals surface area contributed by atoms with Crippen LogP contribution in [0.5, 0.6) is 0 Å². The zero-order chi connectivity index (χ0) is 14.7. The Balaban J connectivity index is 1.69. The van der Waals surface area contributed by atoms with Gasteiger partial charge < -0.3 is 10.2 Å². The Kier molecular flexibility index (Phi) is 4.34. The number of hydrogen-bond acceptors (Lipinski definition) is 5. The van der Waals surface area contributed by atoms with Gasteiger partial charge in [0.1, 0.15) is 17.0 Å². The quantitative estimate of drug-likeness (QED) is 0.943. The molecule has 5 nitrogen and oxygen atoms in total. The summed E-state index contributed by atoms with van der Waals surface area (Å²) in [5.74, 6) is 0.925. The molecule has 1 fully saturated rings. The molecule has 3 rings (SSSR count). The molecule has 21 heavy (non-hydrogen) atoms. The molecule has 0 bridgehead atoms. The standard InChI is InChI=1S/C15H20N4OS/c1-2-11-8-12-14(17-10-18-15(12)21-11)16-9-13(20)19-6-4-3-5-7-19/h8,10H,2-7,9H2,1H3,(H,16,17,18). The molecule has 112 valence electrons. The van der Waals surface area contributed by atoms with Crippen molar-refractivity contribution in [2.75, 3.05) is 25.0 Å². The van der Waals surface area contributed by atoms with Gasteiger partial charge in [-0.2, -0.15) is 0 Å². The number of nitrogens with one attached hydrogen (secondary N) is 1. The zero-order valence-corrected chi connectivity index (χ0v) is 13.1. The smallest absolute Gasteiger partial charge is 0.241 e. The molecule has 0 radical (unpaired) electrons. The summed E-state index contributed by atoms with van der Waals surface area (Å²) in [5, 5.41) is 4.21. The number of rotatable bonds is 4. The van der Waals surface area contributed by atoms with Gasteiger partial charge in [0.05, 0.1) is 11.9 Å². The molecule has 0 unspecified atom stereocenters. The lowest BCUT2D eigenvalue weighted by Crippen LogP contribution is -2.39. The number of amides is 1. The van der Waals surface area contributed by atoms with E-state index in [2.05, 4.69) is 28.3 Å². The predicted molar refractivity (Wildman–Crippen MR) is 85.7 cm³/mol. The third-order valence-corrected chi connectivity index (χ3v) is 5.03. The normalized spacial score (nSPS) is 15.4. The number of carbonyl (C=O) groups is 1. The summed E-state index contributed by atoms with van der Waals surface area (Å²) < 4.78 is 0. The van der Waals surface area contributed by atoms with Gasteiger partial charge in [0.25, 0.3) is 0 Å². The maximum absolute atomic E-state index is 12.2. The molecule has 6 heteroatoms. The first-order valence-electron chi connectivity index (χ1n) is 7.53. The van der Waals surface area contributed by atoms with Gasteiger partial charge in [0.15, 0.2) is 0 Å². The van der Waals surface area contributed by atoms with Crippen LogP contribution in [0.3, 0.4) is 0 Å². The Bertz CT molecular complexity index is 634. The van der Waals surface area contributed by atoms with Crippen molar-refractivity contribution in [1.29, 1.82) is 0 Å². The summed E-state index contributed by atoms with van der Waals surface area (Å²) in [5.41, 5.74) is 0. The van der Waals surface area contributed by atoms with Gasteiger partial charge in [-0.3, -0.25) is 4.79 Å². The second-order valence-electron chi connectivity index (χ2n) is 5.30. The third-order valence-electron chi connectivity index (χ3n) is 3.84. The first-order valence-corrected chi connectivity index (χ1v) is 8.34. The van der Waals surface area contributed by atoms with Crippen molar-refractivity contribution >= 4 is 33.3 Å². The van der Waals surface area contributed by atoms with E-state index in [-0.39, 0.29) is 5.91 Å². The van der Waals surface area contributed by atoms with Gasteiger partial charge >= 0.3 is 0 Å². The number of likely N-dealkylation sites (tertiary alicyclic amines) is 1. The van der Waals surface area contributed by atoms with E-state index in [4.69, 9.17) is 0 Å². The highest BCUT2D eigenvalue weighted by Crippen LogP contribution is 2.28. The van der Waals surface area contributed by atoms with Gasteiger partial charge in [-0.15, -0.1) is 11.3 Å². The number of piperidine rings is 1. The first kappa shape index (κ1) is 14.3. The number of anilines is 1. The fourth-order valence-corrected chi connectivity index (χ4v) is 3.57. The van der Waals surface area contributed by atoms with Crippen LogP contribution in [0.15, 0.2) is 12.4 Å².